The predicted octanol–water partition coefficient (Wildman–Crippen LogP) is 2.73. The van der Waals surface area contributed by atoms with Crippen LogP contribution in [-0.4, -0.2) is 20.1 Å². The van der Waals surface area contributed by atoms with Crippen molar-refractivity contribution in [3.63, 3.8) is 0 Å². The van der Waals surface area contributed by atoms with Gasteiger partial charge >= 0.3 is 0 Å². The molecule has 0 aliphatic carbocycles. The van der Waals surface area contributed by atoms with Crippen LogP contribution < -0.4 is 4.84 Å². The average Bonchev–Trinajstić information content (AvgIpc) is 2.89. The number of fused-ring (bicyclic) bond motifs is 1. The Hall–Kier alpha value is -2.48. The van der Waals surface area contributed by atoms with Gasteiger partial charge in [0.2, 0.25) is 0 Å². The quantitative estimate of drug-likeness (QED) is 0.534. The number of nitrogens with zero attached hydrogens (tertiary/aromatic N) is 4. The first-order valence-electron chi connectivity index (χ1n) is 6.01. The zero-order chi connectivity index (χ0) is 14.8. The lowest BCUT2D eigenvalue weighted by molar-refractivity contribution is -0.384. The molecular weight excluding hydrogens is 340 g/mol. The highest BCUT2D eigenvalue weighted by atomic mass is 79.9. The largest absolute Gasteiger partial charge is 0.390 e. The average molecular weight is 349 g/mol. The van der Waals surface area contributed by atoms with Crippen LogP contribution in [0.4, 0.5) is 5.69 Å². The van der Waals surface area contributed by atoms with Crippen molar-refractivity contribution in [2.45, 2.75) is 6.61 Å². The van der Waals surface area contributed by atoms with Gasteiger partial charge in [-0.1, -0.05) is 32.9 Å². The van der Waals surface area contributed by atoms with Crippen molar-refractivity contribution in [3.8, 4) is 0 Å². The molecule has 2 aromatic carbocycles. The normalized spacial score (nSPS) is 10.7. The molecule has 0 saturated heterocycles. The summed E-state index contributed by atoms with van der Waals surface area (Å²) >= 11 is 3.36. The van der Waals surface area contributed by atoms with Crippen molar-refractivity contribution >= 4 is 32.7 Å². The summed E-state index contributed by atoms with van der Waals surface area (Å²) in [5.41, 5.74) is 1.92. The molecular formula is C13H9BrN4O3. The summed E-state index contributed by atoms with van der Waals surface area (Å²) < 4.78 is 0.980. The highest BCUT2D eigenvalue weighted by molar-refractivity contribution is 9.10. The molecule has 3 rings (SSSR count). The second-order valence-electron chi connectivity index (χ2n) is 4.29. The van der Waals surface area contributed by atoms with E-state index in [1.807, 2.05) is 24.3 Å². The number of aromatic nitrogens is 3. The number of non-ortho nitro benzene ring substituents is 1. The van der Waals surface area contributed by atoms with Crippen LogP contribution in [0.15, 0.2) is 46.9 Å². The Labute approximate surface area is 127 Å². The highest BCUT2D eigenvalue weighted by Crippen LogP contribution is 2.18. The van der Waals surface area contributed by atoms with Crippen LogP contribution in [0.2, 0.25) is 0 Å². The van der Waals surface area contributed by atoms with Gasteiger partial charge in [-0.25, -0.2) is 0 Å². The number of halogens is 1. The van der Waals surface area contributed by atoms with Crippen LogP contribution in [0.3, 0.4) is 0 Å². The second-order valence-corrected chi connectivity index (χ2v) is 5.21. The van der Waals surface area contributed by atoms with E-state index in [1.54, 1.807) is 6.07 Å². The molecule has 1 heterocycles. The third-order valence-electron chi connectivity index (χ3n) is 2.88. The molecule has 0 radical (unpaired) electrons. The van der Waals surface area contributed by atoms with Gasteiger partial charge in [0.05, 0.1) is 4.92 Å². The summed E-state index contributed by atoms with van der Waals surface area (Å²) in [6.45, 7) is 0.286. The fraction of sp³-hybridized carbons (Fsp3) is 0.0769. The zero-order valence-electron chi connectivity index (χ0n) is 10.6. The van der Waals surface area contributed by atoms with Crippen LogP contribution in [-0.2, 0) is 6.61 Å². The van der Waals surface area contributed by atoms with Crippen LogP contribution in [0.25, 0.3) is 11.0 Å². The van der Waals surface area contributed by atoms with Crippen LogP contribution in [0.1, 0.15) is 5.56 Å². The lowest BCUT2D eigenvalue weighted by Crippen LogP contribution is -2.12. The van der Waals surface area contributed by atoms with Gasteiger partial charge in [-0.3, -0.25) is 10.1 Å². The van der Waals surface area contributed by atoms with Crippen molar-refractivity contribution in [1.82, 2.24) is 15.2 Å². The fourth-order valence-electron chi connectivity index (χ4n) is 1.81. The summed E-state index contributed by atoms with van der Waals surface area (Å²) in [7, 11) is 0. The van der Waals surface area contributed by atoms with Crippen LogP contribution in [0.5, 0.6) is 0 Å². The highest BCUT2D eigenvalue weighted by Gasteiger charge is 2.12. The number of nitro benzene ring substituents is 1. The van der Waals surface area contributed by atoms with E-state index in [2.05, 4.69) is 26.2 Å². The van der Waals surface area contributed by atoms with E-state index in [-0.39, 0.29) is 12.3 Å². The molecule has 0 unspecified atom stereocenters. The Morgan fingerprint density at radius 2 is 2.00 bits per heavy atom. The molecule has 0 atom stereocenters. The summed E-state index contributed by atoms with van der Waals surface area (Å²) in [5, 5.41) is 18.5. The molecule has 106 valence electrons. The maximum atomic E-state index is 10.8. The topological polar surface area (TPSA) is 83.1 Å². The summed E-state index contributed by atoms with van der Waals surface area (Å²) in [4.78, 5) is 17.1. The molecule has 3 aromatic rings. The maximum Gasteiger partial charge on any atom is 0.271 e. The fourth-order valence-corrected chi connectivity index (χ4v) is 2.08. The van der Waals surface area contributed by atoms with Gasteiger partial charge in [0.1, 0.15) is 17.6 Å². The Balaban J connectivity index is 1.84. The number of nitro groups is 1. The minimum atomic E-state index is -0.467. The van der Waals surface area contributed by atoms with E-state index in [4.69, 9.17) is 4.84 Å². The van der Waals surface area contributed by atoms with Crippen molar-refractivity contribution in [3.05, 3.63) is 62.6 Å². The van der Waals surface area contributed by atoms with Gasteiger partial charge in [-0.2, -0.15) is 0 Å². The Kier molecular flexibility index (Phi) is 3.53. The Bertz CT molecular complexity index is 801. The molecule has 0 spiro atoms. The van der Waals surface area contributed by atoms with E-state index in [9.17, 15) is 10.1 Å². The van der Waals surface area contributed by atoms with Crippen molar-refractivity contribution in [2.75, 3.05) is 0 Å². The minimum absolute atomic E-state index is 0.0294. The van der Waals surface area contributed by atoms with E-state index >= 15 is 0 Å². The number of rotatable bonds is 4. The zero-order valence-corrected chi connectivity index (χ0v) is 12.2. The van der Waals surface area contributed by atoms with E-state index in [0.717, 1.165) is 10.0 Å². The smallest absolute Gasteiger partial charge is 0.271 e. The standard InChI is InChI=1S/C13H9BrN4O3/c14-10-3-1-9(2-4-10)8-21-17-13-7-11(18(19)20)5-6-12(13)15-16-17/h1-7H,8H2. The molecule has 7 nitrogen and oxygen atoms in total. The van der Waals surface area contributed by atoms with Crippen molar-refractivity contribution < 1.29 is 9.76 Å². The van der Waals surface area contributed by atoms with E-state index < -0.39 is 4.92 Å². The predicted molar refractivity (Wildman–Crippen MR) is 78.6 cm³/mol. The lowest BCUT2D eigenvalue weighted by atomic mass is 10.2. The molecule has 0 N–H and O–H groups in total. The number of benzene rings is 2. The monoisotopic (exact) mass is 348 g/mol. The summed E-state index contributed by atoms with van der Waals surface area (Å²) in [6.07, 6.45) is 0. The molecule has 0 amide bonds. The molecule has 0 saturated carbocycles. The molecule has 8 heteroatoms. The molecule has 21 heavy (non-hydrogen) atoms. The summed E-state index contributed by atoms with van der Waals surface area (Å²) in [6, 6.07) is 11.9. The first-order chi connectivity index (χ1) is 10.1. The third kappa shape index (κ3) is 2.84. The van der Waals surface area contributed by atoms with Crippen molar-refractivity contribution in [1.29, 1.82) is 0 Å². The number of hydrogen-bond acceptors (Lipinski definition) is 5. The van der Waals surface area contributed by atoms with Crippen LogP contribution in [0, 0.1) is 10.1 Å². The summed E-state index contributed by atoms with van der Waals surface area (Å²) in [5.74, 6) is 0. The molecule has 0 fully saturated rings. The van der Waals surface area contributed by atoms with Crippen LogP contribution >= 0.6 is 15.9 Å². The molecule has 0 bridgehead atoms. The van der Waals surface area contributed by atoms with Gasteiger partial charge in [-0.15, -0.1) is 5.10 Å². The van der Waals surface area contributed by atoms with Gasteiger partial charge in [-0.05, 0) is 29.0 Å². The molecule has 0 aliphatic rings. The van der Waals surface area contributed by atoms with Gasteiger partial charge in [0.25, 0.3) is 5.69 Å². The Morgan fingerprint density at radius 3 is 2.71 bits per heavy atom. The molecule has 0 aliphatic heterocycles. The van der Waals surface area contributed by atoms with Gasteiger partial charge < -0.3 is 4.84 Å². The van der Waals surface area contributed by atoms with Gasteiger partial charge in [0, 0.05) is 16.6 Å². The third-order valence-corrected chi connectivity index (χ3v) is 3.41. The minimum Gasteiger partial charge on any atom is -0.390 e. The van der Waals surface area contributed by atoms with Gasteiger partial charge in [0.15, 0.2) is 0 Å². The van der Waals surface area contributed by atoms with E-state index in [1.165, 1.54) is 17.0 Å². The Morgan fingerprint density at radius 1 is 1.24 bits per heavy atom. The maximum absolute atomic E-state index is 10.8. The number of hydrogen-bond donors (Lipinski definition) is 0. The second kappa shape index (κ2) is 5.49. The van der Waals surface area contributed by atoms with Crippen molar-refractivity contribution in [2.24, 2.45) is 0 Å². The first-order valence-corrected chi connectivity index (χ1v) is 6.80. The van der Waals surface area contributed by atoms with E-state index in [0.29, 0.717) is 11.0 Å². The lowest BCUT2D eigenvalue weighted by Gasteiger charge is -2.05. The SMILES string of the molecule is O=[N+]([O-])c1ccc2nnn(OCc3ccc(Br)cc3)c2c1. The first kappa shape index (κ1) is 13.5. The molecule has 1 aromatic heterocycles.